The Balaban J connectivity index is 2.40. The van der Waals surface area contributed by atoms with Gasteiger partial charge in [-0.3, -0.25) is 4.90 Å². The first-order chi connectivity index (χ1) is 6.83. The molecule has 0 aliphatic carbocycles. The average Bonchev–Trinajstić information content (AvgIpc) is 2.65. The molecule has 2 unspecified atom stereocenters. The van der Waals surface area contributed by atoms with Crippen molar-refractivity contribution in [3.05, 3.63) is 0 Å². The van der Waals surface area contributed by atoms with Gasteiger partial charge in [-0.1, -0.05) is 6.92 Å². The Labute approximate surface area is 87.3 Å². The van der Waals surface area contributed by atoms with Crippen LogP contribution in [0, 0.1) is 0 Å². The third kappa shape index (κ3) is 2.94. The summed E-state index contributed by atoms with van der Waals surface area (Å²) in [6, 6.07) is 1.23. The van der Waals surface area contributed by atoms with Gasteiger partial charge in [0.25, 0.3) is 0 Å². The fourth-order valence-corrected chi connectivity index (χ4v) is 2.51. The molecular formula is C11H24N2O. The molecule has 0 amide bonds. The maximum absolute atomic E-state index is 8.82. The number of rotatable bonds is 6. The molecule has 3 heteroatoms. The Bertz CT molecular complexity index is 148. The van der Waals surface area contributed by atoms with Gasteiger partial charge in [0.05, 0.1) is 0 Å². The number of aliphatic hydroxyl groups is 1. The predicted octanol–water partition coefficient (Wildman–Crippen LogP) is 0.961. The topological polar surface area (TPSA) is 49.5 Å². The van der Waals surface area contributed by atoms with Crippen LogP contribution in [0.3, 0.4) is 0 Å². The van der Waals surface area contributed by atoms with Crippen molar-refractivity contribution in [2.45, 2.75) is 51.1 Å². The third-order valence-corrected chi connectivity index (χ3v) is 3.33. The van der Waals surface area contributed by atoms with Crippen LogP contribution in [0.15, 0.2) is 0 Å². The van der Waals surface area contributed by atoms with Crippen molar-refractivity contribution in [2.24, 2.45) is 5.73 Å². The largest absolute Gasteiger partial charge is 0.396 e. The first kappa shape index (κ1) is 12.0. The van der Waals surface area contributed by atoms with Crippen molar-refractivity contribution in [2.75, 3.05) is 19.7 Å². The minimum absolute atomic E-state index is 0.323. The minimum atomic E-state index is 0.323. The van der Waals surface area contributed by atoms with E-state index in [4.69, 9.17) is 10.8 Å². The molecule has 0 aromatic carbocycles. The highest BCUT2D eigenvalue weighted by Gasteiger charge is 2.28. The molecule has 3 nitrogen and oxygen atoms in total. The van der Waals surface area contributed by atoms with E-state index in [0.29, 0.717) is 18.7 Å². The van der Waals surface area contributed by atoms with Crippen molar-refractivity contribution in [1.82, 2.24) is 4.90 Å². The summed E-state index contributed by atoms with van der Waals surface area (Å²) in [6.45, 7) is 4.50. The van der Waals surface area contributed by atoms with Crippen LogP contribution in [0.4, 0.5) is 0 Å². The lowest BCUT2D eigenvalue weighted by molar-refractivity contribution is 0.161. The lowest BCUT2D eigenvalue weighted by Gasteiger charge is -2.31. The maximum Gasteiger partial charge on any atom is 0.0431 e. The zero-order valence-corrected chi connectivity index (χ0v) is 9.28. The van der Waals surface area contributed by atoms with E-state index in [2.05, 4.69) is 11.8 Å². The molecule has 1 fully saturated rings. The molecule has 1 aliphatic heterocycles. The summed E-state index contributed by atoms with van der Waals surface area (Å²) >= 11 is 0. The molecule has 2 atom stereocenters. The summed E-state index contributed by atoms with van der Waals surface area (Å²) in [7, 11) is 0. The highest BCUT2D eigenvalue weighted by atomic mass is 16.2. The molecule has 84 valence electrons. The zero-order valence-electron chi connectivity index (χ0n) is 9.28. The van der Waals surface area contributed by atoms with Crippen molar-refractivity contribution in [3.8, 4) is 0 Å². The van der Waals surface area contributed by atoms with Gasteiger partial charge in [0, 0.05) is 25.2 Å². The number of hydrogen-bond acceptors (Lipinski definition) is 3. The van der Waals surface area contributed by atoms with Gasteiger partial charge >= 0.3 is 0 Å². The van der Waals surface area contributed by atoms with Crippen LogP contribution in [0.25, 0.3) is 0 Å². The molecule has 0 radical (unpaired) electrons. The van der Waals surface area contributed by atoms with Gasteiger partial charge in [-0.15, -0.1) is 0 Å². The normalized spacial score (nSPS) is 25.5. The van der Waals surface area contributed by atoms with Crippen LogP contribution in [-0.4, -0.2) is 41.8 Å². The van der Waals surface area contributed by atoms with Crippen molar-refractivity contribution in [1.29, 1.82) is 0 Å². The van der Waals surface area contributed by atoms with E-state index in [1.54, 1.807) is 0 Å². The molecule has 0 aromatic heterocycles. The molecule has 1 rings (SSSR count). The maximum atomic E-state index is 8.82. The molecule has 1 aliphatic rings. The number of likely N-dealkylation sites (tertiary alicyclic amines) is 1. The van der Waals surface area contributed by atoms with Crippen LogP contribution in [0.1, 0.15) is 39.0 Å². The Kier molecular flexibility index (Phi) is 5.45. The second-order valence-corrected chi connectivity index (χ2v) is 4.20. The summed E-state index contributed by atoms with van der Waals surface area (Å²) in [5, 5.41) is 8.82. The molecule has 0 aromatic rings. The second-order valence-electron chi connectivity index (χ2n) is 4.20. The standard InChI is InChI=1S/C11H24N2O/c1-2-10(9-12)13-7-3-5-11(13)6-4-8-14/h10-11,14H,2-9,12H2,1H3. The smallest absolute Gasteiger partial charge is 0.0431 e. The quantitative estimate of drug-likeness (QED) is 0.671. The van der Waals surface area contributed by atoms with Crippen LogP contribution in [-0.2, 0) is 0 Å². The van der Waals surface area contributed by atoms with E-state index in [1.165, 1.54) is 19.4 Å². The SMILES string of the molecule is CCC(CN)N1CCCC1CCCO. The molecule has 0 bridgehead atoms. The fourth-order valence-electron chi connectivity index (χ4n) is 2.51. The lowest BCUT2D eigenvalue weighted by atomic mass is 10.1. The fraction of sp³-hybridized carbons (Fsp3) is 1.00. The summed E-state index contributed by atoms with van der Waals surface area (Å²) in [6.07, 6.45) is 5.80. The van der Waals surface area contributed by atoms with Gasteiger partial charge in [0.2, 0.25) is 0 Å². The molecular weight excluding hydrogens is 176 g/mol. The zero-order chi connectivity index (χ0) is 10.4. The molecule has 1 heterocycles. The van der Waals surface area contributed by atoms with Crippen LogP contribution < -0.4 is 5.73 Å². The minimum Gasteiger partial charge on any atom is -0.396 e. The average molecular weight is 200 g/mol. The summed E-state index contributed by atoms with van der Waals surface area (Å²) in [5.74, 6) is 0. The van der Waals surface area contributed by atoms with Crippen LogP contribution in [0.2, 0.25) is 0 Å². The van der Waals surface area contributed by atoms with E-state index in [9.17, 15) is 0 Å². The van der Waals surface area contributed by atoms with Gasteiger partial charge in [0.1, 0.15) is 0 Å². The van der Waals surface area contributed by atoms with Crippen molar-refractivity contribution < 1.29 is 5.11 Å². The van der Waals surface area contributed by atoms with Gasteiger partial charge in [-0.05, 0) is 38.6 Å². The molecule has 0 saturated carbocycles. The third-order valence-electron chi connectivity index (χ3n) is 3.33. The Morgan fingerprint density at radius 3 is 2.93 bits per heavy atom. The van der Waals surface area contributed by atoms with Gasteiger partial charge in [-0.2, -0.15) is 0 Å². The molecule has 14 heavy (non-hydrogen) atoms. The Morgan fingerprint density at radius 2 is 2.36 bits per heavy atom. The van der Waals surface area contributed by atoms with Gasteiger partial charge < -0.3 is 10.8 Å². The number of aliphatic hydroxyl groups excluding tert-OH is 1. The monoisotopic (exact) mass is 200 g/mol. The first-order valence-corrected chi connectivity index (χ1v) is 5.90. The first-order valence-electron chi connectivity index (χ1n) is 5.90. The van der Waals surface area contributed by atoms with Crippen molar-refractivity contribution >= 4 is 0 Å². The summed E-state index contributed by atoms with van der Waals surface area (Å²) < 4.78 is 0. The highest BCUT2D eigenvalue weighted by molar-refractivity contribution is 4.84. The molecule has 0 spiro atoms. The number of hydrogen-bond donors (Lipinski definition) is 2. The Morgan fingerprint density at radius 1 is 1.57 bits per heavy atom. The van der Waals surface area contributed by atoms with E-state index >= 15 is 0 Å². The predicted molar refractivity (Wildman–Crippen MR) is 59.2 cm³/mol. The summed E-state index contributed by atoms with van der Waals surface area (Å²) in [5.41, 5.74) is 5.76. The highest BCUT2D eigenvalue weighted by Crippen LogP contribution is 2.24. The van der Waals surface area contributed by atoms with E-state index in [-0.39, 0.29) is 0 Å². The van der Waals surface area contributed by atoms with E-state index < -0.39 is 0 Å². The number of nitrogens with zero attached hydrogens (tertiary/aromatic N) is 1. The van der Waals surface area contributed by atoms with Crippen LogP contribution >= 0.6 is 0 Å². The summed E-state index contributed by atoms with van der Waals surface area (Å²) in [4.78, 5) is 2.55. The van der Waals surface area contributed by atoms with Crippen LogP contribution in [0.5, 0.6) is 0 Å². The Hall–Kier alpha value is -0.120. The lowest BCUT2D eigenvalue weighted by Crippen LogP contribution is -2.43. The molecule has 1 saturated heterocycles. The second kappa shape index (κ2) is 6.38. The van der Waals surface area contributed by atoms with E-state index in [0.717, 1.165) is 25.8 Å². The number of nitrogens with two attached hydrogens (primary N) is 1. The van der Waals surface area contributed by atoms with Gasteiger partial charge in [-0.25, -0.2) is 0 Å². The van der Waals surface area contributed by atoms with E-state index in [1.807, 2.05) is 0 Å². The molecule has 3 N–H and O–H groups in total. The van der Waals surface area contributed by atoms with Crippen molar-refractivity contribution in [3.63, 3.8) is 0 Å². The van der Waals surface area contributed by atoms with Gasteiger partial charge in [0.15, 0.2) is 0 Å².